The lowest BCUT2D eigenvalue weighted by molar-refractivity contribution is 0.428. The zero-order chi connectivity index (χ0) is 8.48. The molecule has 0 radical (unpaired) electrons. The molecule has 0 unspecified atom stereocenters. The van der Waals surface area contributed by atoms with Gasteiger partial charge in [0.1, 0.15) is 5.76 Å². The van der Waals surface area contributed by atoms with E-state index in [9.17, 15) is 0 Å². The van der Waals surface area contributed by atoms with Crippen molar-refractivity contribution in [1.82, 2.24) is 0 Å². The molecular weight excluding hydrogens is 138 g/mol. The third-order valence-corrected chi connectivity index (χ3v) is 1.58. The van der Waals surface area contributed by atoms with Gasteiger partial charge in [-0.3, -0.25) is 0 Å². The van der Waals surface area contributed by atoms with Crippen LogP contribution in [0.3, 0.4) is 0 Å². The number of rotatable bonds is 2. The van der Waals surface area contributed by atoms with Crippen LogP contribution < -0.4 is 5.73 Å². The molecule has 2 nitrogen and oxygen atoms in total. The van der Waals surface area contributed by atoms with Gasteiger partial charge in [-0.25, -0.2) is 0 Å². The van der Waals surface area contributed by atoms with Gasteiger partial charge >= 0.3 is 0 Å². The predicted molar refractivity (Wildman–Crippen MR) is 45.4 cm³/mol. The second-order valence-electron chi connectivity index (χ2n) is 3.69. The number of furan rings is 1. The van der Waals surface area contributed by atoms with E-state index in [1.54, 1.807) is 6.26 Å². The smallest absolute Gasteiger partial charge is 0.108 e. The summed E-state index contributed by atoms with van der Waals surface area (Å²) in [7, 11) is 0. The van der Waals surface area contributed by atoms with E-state index in [1.807, 2.05) is 26.8 Å². The van der Waals surface area contributed by atoms with Crippen molar-refractivity contribution in [2.24, 2.45) is 5.73 Å². The molecule has 1 heterocycles. The van der Waals surface area contributed by atoms with Crippen LogP contribution in [0.15, 0.2) is 16.7 Å². The third kappa shape index (κ3) is 2.39. The molecule has 0 amide bonds. The lowest BCUT2D eigenvalue weighted by atomic mass is 9.99. The standard InChI is InChI=1S/C9H15NO/c1-7-4-5-11-8(7)6-9(2,3)10/h4-5H,6,10H2,1-3H3. The molecule has 0 fully saturated rings. The minimum atomic E-state index is -0.178. The van der Waals surface area contributed by atoms with Gasteiger partial charge in [-0.1, -0.05) is 0 Å². The van der Waals surface area contributed by atoms with Gasteiger partial charge in [-0.15, -0.1) is 0 Å². The molecule has 1 aromatic heterocycles. The van der Waals surface area contributed by atoms with E-state index in [2.05, 4.69) is 0 Å². The molecule has 0 bridgehead atoms. The number of aryl methyl sites for hydroxylation is 1. The Kier molecular flexibility index (Phi) is 2.05. The maximum atomic E-state index is 5.84. The first-order chi connectivity index (χ1) is 4.99. The van der Waals surface area contributed by atoms with Crippen LogP contribution in [0, 0.1) is 6.92 Å². The van der Waals surface area contributed by atoms with Crippen LogP contribution in [-0.4, -0.2) is 5.54 Å². The topological polar surface area (TPSA) is 39.2 Å². The van der Waals surface area contributed by atoms with Crippen LogP contribution in [-0.2, 0) is 6.42 Å². The summed E-state index contributed by atoms with van der Waals surface area (Å²) >= 11 is 0. The van der Waals surface area contributed by atoms with Crippen LogP contribution in [0.1, 0.15) is 25.2 Å². The molecular formula is C9H15NO. The highest BCUT2D eigenvalue weighted by Crippen LogP contribution is 2.14. The first-order valence-corrected chi connectivity index (χ1v) is 3.81. The highest BCUT2D eigenvalue weighted by atomic mass is 16.3. The predicted octanol–water partition coefficient (Wildman–Crippen LogP) is 1.87. The molecule has 0 aliphatic heterocycles. The van der Waals surface area contributed by atoms with E-state index < -0.39 is 0 Å². The zero-order valence-corrected chi connectivity index (χ0v) is 7.35. The van der Waals surface area contributed by atoms with Crippen molar-refractivity contribution in [2.75, 3.05) is 0 Å². The molecule has 0 aromatic carbocycles. The summed E-state index contributed by atoms with van der Waals surface area (Å²) in [6.07, 6.45) is 2.50. The highest BCUT2D eigenvalue weighted by molar-refractivity contribution is 5.16. The van der Waals surface area contributed by atoms with Gasteiger partial charge in [0, 0.05) is 12.0 Å². The molecule has 1 aromatic rings. The molecule has 2 heteroatoms. The Bertz CT molecular complexity index is 232. The fourth-order valence-electron chi connectivity index (χ4n) is 0.999. The van der Waals surface area contributed by atoms with Gasteiger partial charge in [-0.05, 0) is 32.4 Å². The summed E-state index contributed by atoms with van der Waals surface area (Å²) in [5.41, 5.74) is 6.84. The van der Waals surface area contributed by atoms with Crippen LogP contribution in [0.2, 0.25) is 0 Å². The zero-order valence-electron chi connectivity index (χ0n) is 7.35. The lowest BCUT2D eigenvalue weighted by Crippen LogP contribution is -2.34. The molecule has 2 N–H and O–H groups in total. The first-order valence-electron chi connectivity index (χ1n) is 3.81. The fourth-order valence-corrected chi connectivity index (χ4v) is 0.999. The first kappa shape index (κ1) is 8.34. The molecule has 0 aliphatic carbocycles. The van der Waals surface area contributed by atoms with Crippen molar-refractivity contribution in [3.8, 4) is 0 Å². The second kappa shape index (κ2) is 2.70. The Morgan fingerprint density at radius 3 is 2.55 bits per heavy atom. The van der Waals surface area contributed by atoms with Gasteiger partial charge in [0.2, 0.25) is 0 Å². The fraction of sp³-hybridized carbons (Fsp3) is 0.556. The van der Waals surface area contributed by atoms with E-state index in [0.717, 1.165) is 12.2 Å². The summed E-state index contributed by atoms with van der Waals surface area (Å²) in [4.78, 5) is 0. The minimum Gasteiger partial charge on any atom is -0.469 e. The maximum absolute atomic E-state index is 5.84. The normalized spacial score (nSPS) is 12.0. The minimum absolute atomic E-state index is 0.178. The molecule has 0 saturated heterocycles. The average molecular weight is 153 g/mol. The Morgan fingerprint density at radius 1 is 1.55 bits per heavy atom. The average Bonchev–Trinajstić information content (AvgIpc) is 2.12. The molecule has 0 saturated carbocycles. The molecule has 0 spiro atoms. The van der Waals surface area contributed by atoms with Gasteiger partial charge in [-0.2, -0.15) is 0 Å². The van der Waals surface area contributed by atoms with Crippen molar-refractivity contribution in [1.29, 1.82) is 0 Å². The van der Waals surface area contributed by atoms with E-state index in [4.69, 9.17) is 10.2 Å². The number of hydrogen-bond acceptors (Lipinski definition) is 2. The Labute approximate surface area is 67.4 Å². The number of nitrogens with two attached hydrogens (primary N) is 1. The van der Waals surface area contributed by atoms with E-state index in [-0.39, 0.29) is 5.54 Å². The van der Waals surface area contributed by atoms with Crippen molar-refractivity contribution in [3.63, 3.8) is 0 Å². The second-order valence-corrected chi connectivity index (χ2v) is 3.69. The Balaban J connectivity index is 2.72. The largest absolute Gasteiger partial charge is 0.469 e. The summed E-state index contributed by atoms with van der Waals surface area (Å²) in [5.74, 6) is 0.998. The lowest BCUT2D eigenvalue weighted by Gasteiger charge is -2.16. The summed E-state index contributed by atoms with van der Waals surface area (Å²) in [5, 5.41) is 0. The third-order valence-electron chi connectivity index (χ3n) is 1.58. The van der Waals surface area contributed by atoms with Gasteiger partial charge in [0.05, 0.1) is 6.26 Å². The van der Waals surface area contributed by atoms with Crippen LogP contribution in [0.25, 0.3) is 0 Å². The highest BCUT2D eigenvalue weighted by Gasteiger charge is 2.14. The van der Waals surface area contributed by atoms with Crippen molar-refractivity contribution >= 4 is 0 Å². The van der Waals surface area contributed by atoms with E-state index in [0.29, 0.717) is 0 Å². The molecule has 62 valence electrons. The molecule has 0 aliphatic rings. The summed E-state index contributed by atoms with van der Waals surface area (Å²) in [6.45, 7) is 6.02. The maximum Gasteiger partial charge on any atom is 0.108 e. The van der Waals surface area contributed by atoms with Crippen LogP contribution in [0.5, 0.6) is 0 Å². The van der Waals surface area contributed by atoms with Crippen molar-refractivity contribution in [3.05, 3.63) is 23.7 Å². The monoisotopic (exact) mass is 153 g/mol. The van der Waals surface area contributed by atoms with Crippen molar-refractivity contribution in [2.45, 2.75) is 32.7 Å². The van der Waals surface area contributed by atoms with Gasteiger partial charge < -0.3 is 10.2 Å². The SMILES string of the molecule is Cc1ccoc1CC(C)(C)N. The Morgan fingerprint density at radius 2 is 2.18 bits per heavy atom. The van der Waals surface area contributed by atoms with E-state index in [1.165, 1.54) is 5.56 Å². The molecule has 11 heavy (non-hydrogen) atoms. The van der Waals surface area contributed by atoms with Gasteiger partial charge in [0.25, 0.3) is 0 Å². The molecule has 1 rings (SSSR count). The van der Waals surface area contributed by atoms with Crippen LogP contribution >= 0.6 is 0 Å². The van der Waals surface area contributed by atoms with E-state index >= 15 is 0 Å². The van der Waals surface area contributed by atoms with Gasteiger partial charge in [0.15, 0.2) is 0 Å². The van der Waals surface area contributed by atoms with Crippen LogP contribution in [0.4, 0.5) is 0 Å². The summed E-state index contributed by atoms with van der Waals surface area (Å²) < 4.78 is 5.26. The van der Waals surface area contributed by atoms with Crippen molar-refractivity contribution < 1.29 is 4.42 Å². The Hall–Kier alpha value is -0.760. The number of hydrogen-bond donors (Lipinski definition) is 1. The molecule has 0 atom stereocenters. The quantitative estimate of drug-likeness (QED) is 0.704. The summed E-state index contributed by atoms with van der Waals surface area (Å²) in [6, 6.07) is 1.96.